The molecule has 0 amide bonds. The summed E-state index contributed by atoms with van der Waals surface area (Å²) in [5.74, 6) is 0.854. The van der Waals surface area contributed by atoms with Crippen molar-refractivity contribution < 1.29 is 4.92 Å². The van der Waals surface area contributed by atoms with E-state index in [0.29, 0.717) is 12.4 Å². The highest BCUT2D eigenvalue weighted by atomic mass is 16.6. The van der Waals surface area contributed by atoms with Gasteiger partial charge in [-0.05, 0) is 45.0 Å². The van der Waals surface area contributed by atoms with E-state index in [9.17, 15) is 10.1 Å². The summed E-state index contributed by atoms with van der Waals surface area (Å²) in [6.07, 6.45) is 5.02. The molecule has 2 aromatic rings. The van der Waals surface area contributed by atoms with E-state index in [0.717, 1.165) is 25.3 Å². The van der Waals surface area contributed by atoms with Gasteiger partial charge in [0.1, 0.15) is 12.1 Å². The Bertz CT molecular complexity index is 763. The average Bonchev–Trinajstić information content (AvgIpc) is 2.62. The van der Waals surface area contributed by atoms with Gasteiger partial charge in [-0.3, -0.25) is 10.1 Å². The lowest BCUT2D eigenvalue weighted by atomic mass is 10.1. The number of nitro groups is 1. The van der Waals surface area contributed by atoms with Gasteiger partial charge < -0.3 is 15.5 Å². The molecule has 1 saturated heterocycles. The Labute approximate surface area is 152 Å². The standard InChI is InChI=1S/C17H23N7O2/c1-13-6-5-7-14(21-13)22-17-15(24(25)26)16(19-12-20-17)18-8-11-23-9-3-2-4-10-23/h5-7,12H,2-4,8-11H2,1H3,(H2,18,19,20,21,22). The van der Waals surface area contributed by atoms with Crippen molar-refractivity contribution >= 4 is 23.1 Å². The molecule has 0 atom stereocenters. The van der Waals surface area contributed by atoms with Crippen molar-refractivity contribution in [3.63, 3.8) is 0 Å². The number of aromatic nitrogens is 3. The first-order valence-corrected chi connectivity index (χ1v) is 8.80. The van der Waals surface area contributed by atoms with Crippen LogP contribution in [0.25, 0.3) is 0 Å². The normalized spacial score (nSPS) is 14.8. The van der Waals surface area contributed by atoms with Gasteiger partial charge in [0.05, 0.1) is 4.92 Å². The van der Waals surface area contributed by atoms with Gasteiger partial charge in [-0.25, -0.2) is 15.0 Å². The van der Waals surface area contributed by atoms with Gasteiger partial charge in [0, 0.05) is 18.8 Å². The lowest BCUT2D eigenvalue weighted by molar-refractivity contribution is -0.383. The van der Waals surface area contributed by atoms with Gasteiger partial charge in [-0.2, -0.15) is 0 Å². The second-order valence-electron chi connectivity index (χ2n) is 6.29. The molecule has 1 aliphatic heterocycles. The van der Waals surface area contributed by atoms with E-state index in [1.54, 1.807) is 6.07 Å². The van der Waals surface area contributed by atoms with Crippen molar-refractivity contribution in [2.24, 2.45) is 0 Å². The lowest BCUT2D eigenvalue weighted by Gasteiger charge is -2.26. The van der Waals surface area contributed by atoms with Crippen LogP contribution in [0.3, 0.4) is 0 Å². The number of hydrogen-bond acceptors (Lipinski definition) is 8. The topological polar surface area (TPSA) is 109 Å². The van der Waals surface area contributed by atoms with Crippen molar-refractivity contribution in [1.82, 2.24) is 19.9 Å². The SMILES string of the molecule is Cc1cccc(Nc2ncnc(NCCN3CCCCC3)c2[N+](=O)[O-])n1. The minimum atomic E-state index is -0.471. The molecule has 3 heterocycles. The Hall–Kier alpha value is -2.81. The van der Waals surface area contributed by atoms with E-state index in [4.69, 9.17) is 0 Å². The van der Waals surface area contributed by atoms with E-state index in [1.165, 1.54) is 25.6 Å². The van der Waals surface area contributed by atoms with Crippen molar-refractivity contribution in [2.75, 3.05) is 36.8 Å². The molecule has 0 bridgehead atoms. The molecular weight excluding hydrogens is 334 g/mol. The molecule has 0 saturated carbocycles. The van der Waals surface area contributed by atoms with E-state index < -0.39 is 4.92 Å². The molecule has 0 radical (unpaired) electrons. The van der Waals surface area contributed by atoms with Crippen LogP contribution in [-0.2, 0) is 0 Å². The molecule has 0 aromatic carbocycles. The van der Waals surface area contributed by atoms with Gasteiger partial charge in [0.2, 0.25) is 11.6 Å². The number of pyridine rings is 1. The summed E-state index contributed by atoms with van der Waals surface area (Å²) in [6.45, 7) is 5.45. The Balaban J connectivity index is 1.72. The van der Waals surface area contributed by atoms with Crippen LogP contribution >= 0.6 is 0 Å². The summed E-state index contributed by atoms with van der Waals surface area (Å²) >= 11 is 0. The second-order valence-corrected chi connectivity index (χ2v) is 6.29. The Morgan fingerprint density at radius 2 is 1.96 bits per heavy atom. The third-order valence-corrected chi connectivity index (χ3v) is 4.31. The summed E-state index contributed by atoms with van der Waals surface area (Å²) in [6, 6.07) is 5.42. The number of nitrogens with one attached hydrogen (secondary N) is 2. The largest absolute Gasteiger partial charge is 0.363 e. The fourth-order valence-corrected chi connectivity index (χ4v) is 3.02. The third kappa shape index (κ3) is 4.63. The smallest absolute Gasteiger partial charge is 0.353 e. The molecule has 0 spiro atoms. The maximum atomic E-state index is 11.6. The maximum absolute atomic E-state index is 11.6. The zero-order valence-corrected chi connectivity index (χ0v) is 14.8. The molecule has 0 unspecified atom stereocenters. The maximum Gasteiger partial charge on any atom is 0.353 e. The quantitative estimate of drug-likeness (QED) is 0.575. The predicted molar refractivity (Wildman–Crippen MR) is 99.7 cm³/mol. The number of piperidine rings is 1. The van der Waals surface area contributed by atoms with Gasteiger partial charge >= 0.3 is 5.69 Å². The minimum absolute atomic E-state index is 0.128. The average molecular weight is 357 g/mol. The molecule has 138 valence electrons. The molecule has 3 rings (SSSR count). The number of likely N-dealkylation sites (tertiary alicyclic amines) is 1. The first-order valence-electron chi connectivity index (χ1n) is 8.80. The molecule has 9 heteroatoms. The van der Waals surface area contributed by atoms with Crippen LogP contribution in [0, 0.1) is 17.0 Å². The van der Waals surface area contributed by atoms with Crippen LogP contribution < -0.4 is 10.6 Å². The molecule has 0 aliphatic carbocycles. The van der Waals surface area contributed by atoms with Crippen LogP contribution in [0.15, 0.2) is 24.5 Å². The zero-order valence-electron chi connectivity index (χ0n) is 14.8. The van der Waals surface area contributed by atoms with Crippen LogP contribution in [0.1, 0.15) is 25.0 Å². The number of hydrogen-bond donors (Lipinski definition) is 2. The van der Waals surface area contributed by atoms with Crippen molar-refractivity contribution in [2.45, 2.75) is 26.2 Å². The highest BCUT2D eigenvalue weighted by Gasteiger charge is 2.23. The first kappa shape index (κ1) is 18.0. The number of nitrogens with zero attached hydrogens (tertiary/aromatic N) is 5. The molecule has 9 nitrogen and oxygen atoms in total. The first-order chi connectivity index (χ1) is 12.6. The van der Waals surface area contributed by atoms with Crippen LogP contribution in [0.2, 0.25) is 0 Å². The lowest BCUT2D eigenvalue weighted by Crippen LogP contribution is -2.33. The fourth-order valence-electron chi connectivity index (χ4n) is 3.02. The molecule has 26 heavy (non-hydrogen) atoms. The number of aryl methyl sites for hydroxylation is 1. The predicted octanol–water partition coefficient (Wildman–Crippen LogP) is 2.73. The molecule has 2 N–H and O–H groups in total. The summed E-state index contributed by atoms with van der Waals surface area (Å²) in [5.41, 5.74) is 0.640. The zero-order chi connectivity index (χ0) is 18.4. The minimum Gasteiger partial charge on any atom is -0.363 e. The van der Waals surface area contributed by atoms with Crippen molar-refractivity contribution in [3.05, 3.63) is 40.3 Å². The summed E-state index contributed by atoms with van der Waals surface area (Å²) in [5, 5.41) is 17.6. The highest BCUT2D eigenvalue weighted by molar-refractivity contribution is 5.72. The molecule has 1 fully saturated rings. The fraction of sp³-hybridized carbons (Fsp3) is 0.471. The van der Waals surface area contributed by atoms with Gasteiger partial charge in [0.25, 0.3) is 0 Å². The third-order valence-electron chi connectivity index (χ3n) is 4.31. The van der Waals surface area contributed by atoms with E-state index >= 15 is 0 Å². The monoisotopic (exact) mass is 357 g/mol. The van der Waals surface area contributed by atoms with Gasteiger partial charge in [-0.15, -0.1) is 0 Å². The van der Waals surface area contributed by atoms with E-state index in [1.807, 2.05) is 19.1 Å². The molecule has 1 aliphatic rings. The Kier molecular flexibility index (Phi) is 5.90. The van der Waals surface area contributed by atoms with Gasteiger partial charge in [-0.1, -0.05) is 12.5 Å². The number of rotatable bonds is 7. The highest BCUT2D eigenvalue weighted by Crippen LogP contribution is 2.30. The second kappa shape index (κ2) is 8.52. The van der Waals surface area contributed by atoms with Crippen molar-refractivity contribution in [3.8, 4) is 0 Å². The van der Waals surface area contributed by atoms with Crippen LogP contribution in [-0.4, -0.2) is 51.0 Å². The Morgan fingerprint density at radius 3 is 2.69 bits per heavy atom. The van der Waals surface area contributed by atoms with Gasteiger partial charge in [0.15, 0.2) is 0 Å². The van der Waals surface area contributed by atoms with E-state index in [2.05, 4.69) is 30.5 Å². The van der Waals surface area contributed by atoms with Crippen LogP contribution in [0.4, 0.5) is 23.1 Å². The Morgan fingerprint density at radius 1 is 1.19 bits per heavy atom. The van der Waals surface area contributed by atoms with Crippen molar-refractivity contribution in [1.29, 1.82) is 0 Å². The number of anilines is 3. The van der Waals surface area contributed by atoms with Crippen LogP contribution in [0.5, 0.6) is 0 Å². The summed E-state index contributed by atoms with van der Waals surface area (Å²) in [7, 11) is 0. The summed E-state index contributed by atoms with van der Waals surface area (Å²) < 4.78 is 0. The molecular formula is C17H23N7O2. The van der Waals surface area contributed by atoms with E-state index in [-0.39, 0.29) is 17.3 Å². The summed E-state index contributed by atoms with van der Waals surface area (Å²) in [4.78, 5) is 25.9. The molecule has 2 aromatic heterocycles.